The highest BCUT2D eigenvalue weighted by atomic mass is 19.4. The summed E-state index contributed by atoms with van der Waals surface area (Å²) in [4.78, 5) is 34.3. The van der Waals surface area contributed by atoms with Crippen molar-refractivity contribution < 1.29 is 22.7 Å². The second-order valence-electron chi connectivity index (χ2n) is 11.6. The van der Waals surface area contributed by atoms with Gasteiger partial charge in [0.2, 0.25) is 0 Å². The minimum Gasteiger partial charge on any atom is -0.444 e. The molecule has 3 aliphatic heterocycles. The Kier molecular flexibility index (Phi) is 6.12. The first-order chi connectivity index (χ1) is 16.0. The minimum atomic E-state index is -4.32. The Labute approximate surface area is 202 Å². The maximum Gasteiger partial charge on any atom is 0.410 e. The number of halogens is 3. The summed E-state index contributed by atoms with van der Waals surface area (Å²) in [5, 5.41) is 0. The Morgan fingerprint density at radius 2 is 1.74 bits per heavy atom. The number of hydrogen-bond donors (Lipinski definition) is 0. The highest BCUT2D eigenvalue weighted by Gasteiger charge is 2.43. The third kappa shape index (κ3) is 5.28. The van der Waals surface area contributed by atoms with Crippen LogP contribution in [0.1, 0.15) is 53.9 Å². The van der Waals surface area contributed by atoms with E-state index in [4.69, 9.17) is 9.72 Å². The number of pyridine rings is 1. The van der Waals surface area contributed by atoms with Crippen LogP contribution in [0, 0.1) is 5.41 Å². The number of alkyl halides is 3. The topological polar surface area (TPSA) is 72.6 Å². The molecule has 0 aliphatic carbocycles. The lowest BCUT2D eigenvalue weighted by Gasteiger charge is -2.51. The van der Waals surface area contributed by atoms with Gasteiger partial charge in [-0.1, -0.05) is 13.8 Å². The molecule has 0 N–H and O–H groups in total. The van der Waals surface area contributed by atoms with E-state index in [9.17, 15) is 22.8 Å². The standard InChI is InChI=1S/C24H34F3N5O3/c1-22(2,3)35-21(34)31-12-15-7-8-16(31)11-30(15)18-10-9-17-19(28-18)29(6)20(33)32(17)14-23(4,5)13-24(25,26)27/h9-10,15-16H,7-8,11-14H2,1-6H3. The lowest BCUT2D eigenvalue weighted by molar-refractivity contribution is -0.155. The molecule has 0 radical (unpaired) electrons. The van der Waals surface area contributed by atoms with Crippen LogP contribution < -0.4 is 10.6 Å². The number of aromatic nitrogens is 3. The number of aryl methyl sites for hydroxylation is 1. The molecule has 0 saturated carbocycles. The molecule has 8 nitrogen and oxygen atoms in total. The van der Waals surface area contributed by atoms with Crippen molar-refractivity contribution in [3.8, 4) is 0 Å². The molecule has 2 unspecified atom stereocenters. The molecule has 1 amide bonds. The Balaban J connectivity index is 1.58. The van der Waals surface area contributed by atoms with Crippen LogP contribution in [0.3, 0.4) is 0 Å². The van der Waals surface area contributed by atoms with Gasteiger partial charge in [0.15, 0.2) is 5.65 Å². The number of amides is 1. The lowest BCUT2D eigenvalue weighted by atomic mass is 9.89. The van der Waals surface area contributed by atoms with Crippen molar-refractivity contribution in [3.63, 3.8) is 0 Å². The number of carbonyl (C=O) groups excluding carboxylic acids is 1. The predicted molar refractivity (Wildman–Crippen MR) is 127 cm³/mol. The van der Waals surface area contributed by atoms with Crippen LogP contribution in [-0.2, 0) is 18.3 Å². The molecular formula is C24H34F3N5O3. The third-order valence-electron chi connectivity index (χ3n) is 6.68. The maximum atomic E-state index is 13.0. The van der Waals surface area contributed by atoms with E-state index in [1.165, 1.54) is 23.0 Å². The number of rotatable bonds is 4. The van der Waals surface area contributed by atoms with Crippen molar-refractivity contribution in [1.82, 2.24) is 19.0 Å². The van der Waals surface area contributed by atoms with E-state index in [1.807, 2.05) is 26.8 Å². The van der Waals surface area contributed by atoms with Crippen molar-refractivity contribution in [2.75, 3.05) is 18.0 Å². The Hall–Kier alpha value is -2.72. The molecular weight excluding hydrogens is 463 g/mol. The van der Waals surface area contributed by atoms with Crippen molar-refractivity contribution in [2.24, 2.45) is 12.5 Å². The molecule has 2 aromatic rings. The average Bonchev–Trinajstić information content (AvgIpc) is 2.95. The summed E-state index contributed by atoms with van der Waals surface area (Å²) in [5.41, 5.74) is -1.16. The van der Waals surface area contributed by atoms with Gasteiger partial charge < -0.3 is 14.5 Å². The molecule has 11 heteroatoms. The number of hydrogen-bond acceptors (Lipinski definition) is 5. The van der Waals surface area contributed by atoms with E-state index in [-0.39, 0.29) is 24.7 Å². The third-order valence-corrected chi connectivity index (χ3v) is 6.68. The second-order valence-corrected chi connectivity index (χ2v) is 11.6. The zero-order valence-corrected chi connectivity index (χ0v) is 21.1. The summed E-state index contributed by atoms with van der Waals surface area (Å²) < 4.78 is 47.4. The van der Waals surface area contributed by atoms with Crippen LogP contribution in [-0.4, -0.2) is 62.1 Å². The fourth-order valence-electron chi connectivity index (χ4n) is 5.26. The summed E-state index contributed by atoms with van der Waals surface area (Å²) in [7, 11) is 1.58. The van der Waals surface area contributed by atoms with Crippen LogP contribution in [0.25, 0.3) is 11.2 Å². The molecule has 2 aromatic heterocycles. The number of nitrogens with zero attached hydrogens (tertiary/aromatic N) is 5. The van der Waals surface area contributed by atoms with Gasteiger partial charge in [-0.15, -0.1) is 0 Å². The molecule has 3 aliphatic rings. The number of ether oxygens (including phenoxy) is 1. The molecule has 2 atom stereocenters. The van der Waals surface area contributed by atoms with Gasteiger partial charge in [0.25, 0.3) is 0 Å². The zero-order valence-electron chi connectivity index (χ0n) is 21.1. The van der Waals surface area contributed by atoms with Crippen molar-refractivity contribution in [1.29, 1.82) is 0 Å². The smallest absolute Gasteiger partial charge is 0.410 e. The largest absolute Gasteiger partial charge is 0.444 e. The van der Waals surface area contributed by atoms with Crippen LogP contribution in [0.15, 0.2) is 16.9 Å². The number of piperazine rings is 1. The summed E-state index contributed by atoms with van der Waals surface area (Å²) in [5.74, 6) is 0.693. The molecule has 3 fully saturated rings. The van der Waals surface area contributed by atoms with Gasteiger partial charge in [0.05, 0.1) is 18.0 Å². The first kappa shape index (κ1) is 25.4. The van der Waals surface area contributed by atoms with E-state index in [0.717, 1.165) is 12.8 Å². The van der Waals surface area contributed by atoms with Crippen LogP contribution in [0.4, 0.5) is 23.8 Å². The highest BCUT2D eigenvalue weighted by molar-refractivity contribution is 5.75. The number of anilines is 1. The molecule has 5 rings (SSSR count). The summed E-state index contributed by atoms with van der Waals surface area (Å²) >= 11 is 0. The number of imidazole rings is 1. The monoisotopic (exact) mass is 497 g/mol. The van der Waals surface area contributed by atoms with Crippen molar-refractivity contribution >= 4 is 23.1 Å². The summed E-state index contributed by atoms with van der Waals surface area (Å²) in [6.07, 6.45) is -3.82. The van der Waals surface area contributed by atoms with Crippen molar-refractivity contribution in [3.05, 3.63) is 22.6 Å². The van der Waals surface area contributed by atoms with E-state index in [2.05, 4.69) is 4.90 Å². The Morgan fingerprint density at radius 1 is 1.09 bits per heavy atom. The molecule has 2 bridgehead atoms. The van der Waals surface area contributed by atoms with Gasteiger partial charge in [-0.3, -0.25) is 9.13 Å². The number of piperidine rings is 2. The second kappa shape index (κ2) is 8.44. The summed E-state index contributed by atoms with van der Waals surface area (Å²) in [6, 6.07) is 3.65. The molecule has 5 heterocycles. The van der Waals surface area contributed by atoms with Gasteiger partial charge in [-0.25, -0.2) is 14.6 Å². The lowest BCUT2D eigenvalue weighted by Crippen LogP contribution is -2.64. The average molecular weight is 498 g/mol. The van der Waals surface area contributed by atoms with E-state index < -0.39 is 29.3 Å². The SMILES string of the molecule is Cn1c(=O)n(CC(C)(C)CC(F)(F)F)c2ccc(N3CC4CCC3CN4C(=O)OC(C)(C)C)nc21. The van der Waals surface area contributed by atoms with Crippen LogP contribution >= 0.6 is 0 Å². The van der Waals surface area contributed by atoms with E-state index >= 15 is 0 Å². The molecule has 0 spiro atoms. The van der Waals surface area contributed by atoms with Gasteiger partial charge in [-0.05, 0) is 51.2 Å². The van der Waals surface area contributed by atoms with Crippen LogP contribution in [0.2, 0.25) is 0 Å². The van der Waals surface area contributed by atoms with Gasteiger partial charge in [-0.2, -0.15) is 13.2 Å². The minimum absolute atomic E-state index is 0.00364. The van der Waals surface area contributed by atoms with E-state index in [1.54, 1.807) is 18.0 Å². The quantitative estimate of drug-likeness (QED) is 0.630. The zero-order chi connectivity index (χ0) is 25.9. The van der Waals surface area contributed by atoms with Gasteiger partial charge >= 0.3 is 18.0 Å². The van der Waals surface area contributed by atoms with E-state index in [0.29, 0.717) is 30.1 Å². The molecule has 0 aromatic carbocycles. The summed E-state index contributed by atoms with van der Waals surface area (Å²) in [6.45, 7) is 9.63. The highest BCUT2D eigenvalue weighted by Crippen LogP contribution is 2.36. The molecule has 35 heavy (non-hydrogen) atoms. The Bertz CT molecular complexity index is 1180. The Morgan fingerprint density at radius 3 is 2.31 bits per heavy atom. The normalized spacial score (nSPS) is 21.2. The first-order valence-corrected chi connectivity index (χ1v) is 11.9. The fourth-order valence-corrected chi connectivity index (χ4v) is 5.26. The van der Waals surface area contributed by atoms with Crippen molar-refractivity contribution in [2.45, 2.75) is 84.3 Å². The number of fused-ring (bicyclic) bond motifs is 4. The van der Waals surface area contributed by atoms with Gasteiger partial charge in [0, 0.05) is 32.7 Å². The number of carbonyl (C=O) groups is 1. The first-order valence-electron chi connectivity index (χ1n) is 11.9. The fraction of sp³-hybridized carbons (Fsp3) is 0.708. The molecule has 194 valence electrons. The predicted octanol–water partition coefficient (Wildman–Crippen LogP) is 4.30. The van der Waals surface area contributed by atoms with Crippen LogP contribution in [0.5, 0.6) is 0 Å². The maximum absolute atomic E-state index is 13.0. The molecule has 3 saturated heterocycles. The van der Waals surface area contributed by atoms with Gasteiger partial charge in [0.1, 0.15) is 11.4 Å².